The molecule has 1 unspecified atom stereocenters. The molecule has 0 radical (unpaired) electrons. The minimum atomic E-state index is 0.149. The fraction of sp³-hybridized carbons (Fsp3) is 0.625. The molecule has 1 atom stereocenters. The molecule has 1 aliphatic rings. The van der Waals surface area contributed by atoms with Crippen molar-refractivity contribution in [3.8, 4) is 0 Å². The number of nitrogens with zero attached hydrogens (tertiary/aromatic N) is 1. The quantitative estimate of drug-likeness (QED) is 0.784. The van der Waals surface area contributed by atoms with E-state index < -0.39 is 0 Å². The zero-order valence-electron chi connectivity index (χ0n) is 11.8. The molecule has 106 valence electrons. The van der Waals surface area contributed by atoms with Crippen molar-refractivity contribution in [1.82, 2.24) is 4.90 Å². The lowest BCUT2D eigenvalue weighted by atomic mass is 10.0. The Morgan fingerprint density at radius 2 is 2.16 bits per heavy atom. The third-order valence-corrected chi connectivity index (χ3v) is 4.28. The van der Waals surface area contributed by atoms with Crippen molar-refractivity contribution in [3.05, 3.63) is 34.3 Å². The van der Waals surface area contributed by atoms with Crippen molar-refractivity contribution in [2.45, 2.75) is 38.6 Å². The first-order valence-corrected chi connectivity index (χ1v) is 8.21. The second-order valence-corrected chi connectivity index (χ2v) is 6.61. The summed E-state index contributed by atoms with van der Waals surface area (Å²) in [6, 6.07) is 8.52. The molecule has 2 nitrogen and oxygen atoms in total. The van der Waals surface area contributed by atoms with Crippen LogP contribution in [-0.4, -0.2) is 24.5 Å². The van der Waals surface area contributed by atoms with Crippen LogP contribution in [0.4, 0.5) is 0 Å². The van der Waals surface area contributed by atoms with E-state index >= 15 is 0 Å². The average Bonchev–Trinajstić information content (AvgIpc) is 3.20. The Morgan fingerprint density at radius 3 is 2.79 bits per heavy atom. The highest BCUT2D eigenvalue weighted by atomic mass is 79.9. The first-order chi connectivity index (χ1) is 9.19. The average molecular weight is 325 g/mol. The highest BCUT2D eigenvalue weighted by Crippen LogP contribution is 2.30. The molecular weight excluding hydrogens is 300 g/mol. The van der Waals surface area contributed by atoms with E-state index in [0.29, 0.717) is 0 Å². The second-order valence-electron chi connectivity index (χ2n) is 5.69. The predicted octanol–water partition coefficient (Wildman–Crippen LogP) is 3.96. The van der Waals surface area contributed by atoms with Crippen molar-refractivity contribution >= 4 is 15.9 Å². The number of nitrogens with two attached hydrogens (primary N) is 1. The highest BCUT2D eigenvalue weighted by molar-refractivity contribution is 9.10. The summed E-state index contributed by atoms with van der Waals surface area (Å²) in [4.78, 5) is 2.59. The maximum Gasteiger partial charge on any atom is 0.0307 e. The molecule has 0 bridgehead atoms. The molecule has 2 rings (SSSR count). The lowest BCUT2D eigenvalue weighted by Gasteiger charge is -2.23. The number of halogens is 1. The van der Waals surface area contributed by atoms with Gasteiger partial charge < -0.3 is 10.6 Å². The summed E-state index contributed by atoms with van der Waals surface area (Å²) in [5.41, 5.74) is 7.54. The number of hydrogen-bond donors (Lipinski definition) is 1. The van der Waals surface area contributed by atoms with Gasteiger partial charge in [0.1, 0.15) is 0 Å². The normalized spacial score (nSPS) is 16.8. The van der Waals surface area contributed by atoms with Crippen molar-refractivity contribution in [2.24, 2.45) is 11.7 Å². The third-order valence-electron chi connectivity index (χ3n) is 3.79. The first kappa shape index (κ1) is 15.0. The molecule has 0 aromatic heterocycles. The molecule has 0 saturated heterocycles. The van der Waals surface area contributed by atoms with Crippen LogP contribution in [0.5, 0.6) is 0 Å². The summed E-state index contributed by atoms with van der Waals surface area (Å²) < 4.78 is 1.11. The van der Waals surface area contributed by atoms with Crippen LogP contribution in [0, 0.1) is 5.92 Å². The van der Waals surface area contributed by atoms with Crippen molar-refractivity contribution in [1.29, 1.82) is 0 Å². The molecule has 1 aromatic carbocycles. The molecule has 2 N–H and O–H groups in total. The maximum absolute atomic E-state index is 6.31. The van der Waals surface area contributed by atoms with Crippen LogP contribution in [0.25, 0.3) is 0 Å². The van der Waals surface area contributed by atoms with E-state index in [2.05, 4.69) is 46.0 Å². The largest absolute Gasteiger partial charge is 0.324 e. The van der Waals surface area contributed by atoms with Gasteiger partial charge in [-0.05, 0) is 62.4 Å². The van der Waals surface area contributed by atoms with Crippen molar-refractivity contribution in [2.75, 3.05) is 19.6 Å². The lowest BCUT2D eigenvalue weighted by Crippen LogP contribution is -2.30. The monoisotopic (exact) mass is 324 g/mol. The summed E-state index contributed by atoms with van der Waals surface area (Å²) in [5.74, 6) is 0.966. The van der Waals surface area contributed by atoms with Crippen LogP contribution >= 0.6 is 15.9 Å². The Labute approximate surface area is 125 Å². The summed E-state index contributed by atoms with van der Waals surface area (Å²) >= 11 is 3.51. The Morgan fingerprint density at radius 1 is 1.37 bits per heavy atom. The van der Waals surface area contributed by atoms with Gasteiger partial charge in [-0.1, -0.05) is 35.0 Å². The molecule has 1 aliphatic carbocycles. The molecule has 1 saturated carbocycles. The third kappa shape index (κ3) is 5.25. The fourth-order valence-electron chi connectivity index (χ4n) is 2.50. The van der Waals surface area contributed by atoms with Crippen LogP contribution in [-0.2, 0) is 0 Å². The molecule has 3 heteroatoms. The van der Waals surface area contributed by atoms with E-state index in [1.807, 2.05) is 6.07 Å². The van der Waals surface area contributed by atoms with Crippen molar-refractivity contribution < 1.29 is 0 Å². The minimum absolute atomic E-state index is 0.149. The Hall–Kier alpha value is -0.380. The standard InChI is InChI=1S/C16H25BrN2/c1-2-9-19(12-13-6-7-13)10-8-16(18)14-4-3-5-15(17)11-14/h3-5,11,13,16H,2,6-10,12,18H2,1H3. The van der Waals surface area contributed by atoms with Crippen LogP contribution in [0.2, 0.25) is 0 Å². The summed E-state index contributed by atoms with van der Waals surface area (Å²) in [7, 11) is 0. The smallest absolute Gasteiger partial charge is 0.0307 e. The highest BCUT2D eigenvalue weighted by Gasteiger charge is 2.24. The summed E-state index contributed by atoms with van der Waals surface area (Å²) in [6.07, 6.45) is 5.14. The van der Waals surface area contributed by atoms with E-state index in [4.69, 9.17) is 5.73 Å². The van der Waals surface area contributed by atoms with Gasteiger partial charge >= 0.3 is 0 Å². The Bertz CT molecular complexity index is 390. The molecule has 1 fully saturated rings. The van der Waals surface area contributed by atoms with Crippen LogP contribution in [0.15, 0.2) is 28.7 Å². The molecule has 0 spiro atoms. The van der Waals surface area contributed by atoms with Gasteiger partial charge in [-0.25, -0.2) is 0 Å². The van der Waals surface area contributed by atoms with Gasteiger partial charge in [-0.3, -0.25) is 0 Å². The molecule has 0 amide bonds. The second kappa shape index (κ2) is 7.41. The molecule has 0 aliphatic heterocycles. The van der Waals surface area contributed by atoms with E-state index in [-0.39, 0.29) is 6.04 Å². The number of benzene rings is 1. The van der Waals surface area contributed by atoms with Gasteiger partial charge in [-0.2, -0.15) is 0 Å². The van der Waals surface area contributed by atoms with Crippen LogP contribution < -0.4 is 5.73 Å². The Kier molecular flexibility index (Phi) is 5.86. The van der Waals surface area contributed by atoms with E-state index in [9.17, 15) is 0 Å². The van der Waals surface area contributed by atoms with Gasteiger partial charge in [0.05, 0.1) is 0 Å². The van der Waals surface area contributed by atoms with Crippen molar-refractivity contribution in [3.63, 3.8) is 0 Å². The lowest BCUT2D eigenvalue weighted by molar-refractivity contribution is 0.253. The van der Waals surface area contributed by atoms with Crippen LogP contribution in [0.3, 0.4) is 0 Å². The van der Waals surface area contributed by atoms with Gasteiger partial charge in [-0.15, -0.1) is 0 Å². The fourth-order valence-corrected chi connectivity index (χ4v) is 2.92. The van der Waals surface area contributed by atoms with Gasteiger partial charge in [0, 0.05) is 17.1 Å². The minimum Gasteiger partial charge on any atom is -0.324 e. The molecule has 0 heterocycles. The van der Waals surface area contributed by atoms with E-state index in [1.54, 1.807) is 0 Å². The SMILES string of the molecule is CCCN(CCC(N)c1cccc(Br)c1)CC1CC1. The van der Waals surface area contributed by atoms with Crippen LogP contribution in [0.1, 0.15) is 44.2 Å². The first-order valence-electron chi connectivity index (χ1n) is 7.42. The van der Waals surface area contributed by atoms with E-state index in [0.717, 1.165) is 23.4 Å². The topological polar surface area (TPSA) is 29.3 Å². The van der Waals surface area contributed by atoms with Gasteiger partial charge in [0.15, 0.2) is 0 Å². The molecule has 19 heavy (non-hydrogen) atoms. The summed E-state index contributed by atoms with van der Waals surface area (Å²) in [5, 5.41) is 0. The van der Waals surface area contributed by atoms with Gasteiger partial charge in [0.25, 0.3) is 0 Å². The van der Waals surface area contributed by atoms with E-state index in [1.165, 1.54) is 37.9 Å². The number of rotatable bonds is 8. The summed E-state index contributed by atoms with van der Waals surface area (Å²) in [6.45, 7) is 5.87. The zero-order valence-corrected chi connectivity index (χ0v) is 13.4. The predicted molar refractivity (Wildman–Crippen MR) is 85.1 cm³/mol. The maximum atomic E-state index is 6.31. The molecule has 1 aromatic rings. The zero-order chi connectivity index (χ0) is 13.7. The molecular formula is C16H25BrN2. The van der Waals surface area contributed by atoms with Gasteiger partial charge in [0.2, 0.25) is 0 Å². The Balaban J connectivity index is 1.81. The number of hydrogen-bond acceptors (Lipinski definition) is 2.